The third kappa shape index (κ3) is 4.46. The maximum absolute atomic E-state index is 4.07. The number of hydrogen-bond acceptors (Lipinski definition) is 2. The lowest BCUT2D eigenvalue weighted by Gasteiger charge is -2.19. The van der Waals surface area contributed by atoms with Crippen molar-refractivity contribution in [2.75, 3.05) is 6.54 Å². The summed E-state index contributed by atoms with van der Waals surface area (Å²) in [5.41, 5.74) is 4.21. The van der Waals surface area contributed by atoms with Crippen molar-refractivity contribution in [3.8, 4) is 0 Å². The Morgan fingerprint density at radius 2 is 1.85 bits per heavy atom. The average molecular weight is 268 g/mol. The number of nitrogens with one attached hydrogen (secondary N) is 1. The predicted octanol–water partition coefficient (Wildman–Crippen LogP) is 3.54. The fourth-order valence-corrected chi connectivity index (χ4v) is 2.56. The molecule has 1 unspecified atom stereocenters. The molecule has 0 amide bonds. The second kappa shape index (κ2) is 7.81. The Labute approximate surface area is 122 Å². The number of aryl methyl sites for hydroxylation is 2. The number of rotatable bonds is 7. The minimum Gasteiger partial charge on any atom is -0.314 e. The molecule has 0 saturated heterocycles. The van der Waals surface area contributed by atoms with Gasteiger partial charge < -0.3 is 5.32 Å². The summed E-state index contributed by atoms with van der Waals surface area (Å²) in [6.45, 7) is 5.39. The number of likely N-dealkylation sites (N-methyl/N-ethyl adjacent to an activating group) is 1. The van der Waals surface area contributed by atoms with Gasteiger partial charge in [0, 0.05) is 18.4 Å². The SMILES string of the molecule is CCNC(CCc1ccncc1)Cc1ccccc1C. The summed E-state index contributed by atoms with van der Waals surface area (Å²) < 4.78 is 0. The summed E-state index contributed by atoms with van der Waals surface area (Å²) in [7, 11) is 0. The van der Waals surface area contributed by atoms with Gasteiger partial charge in [0.15, 0.2) is 0 Å². The molecule has 0 aliphatic carbocycles. The molecule has 2 heteroatoms. The topological polar surface area (TPSA) is 24.9 Å². The minimum absolute atomic E-state index is 0.536. The molecule has 0 fully saturated rings. The zero-order chi connectivity index (χ0) is 14.2. The molecule has 20 heavy (non-hydrogen) atoms. The van der Waals surface area contributed by atoms with Gasteiger partial charge >= 0.3 is 0 Å². The molecule has 2 aromatic rings. The monoisotopic (exact) mass is 268 g/mol. The smallest absolute Gasteiger partial charge is 0.0270 e. The van der Waals surface area contributed by atoms with Crippen LogP contribution in [0.1, 0.15) is 30.0 Å². The number of nitrogens with zero attached hydrogens (tertiary/aromatic N) is 1. The van der Waals surface area contributed by atoms with Crippen LogP contribution in [0.15, 0.2) is 48.8 Å². The largest absolute Gasteiger partial charge is 0.314 e. The Morgan fingerprint density at radius 3 is 2.55 bits per heavy atom. The van der Waals surface area contributed by atoms with Gasteiger partial charge in [-0.25, -0.2) is 0 Å². The van der Waals surface area contributed by atoms with E-state index >= 15 is 0 Å². The van der Waals surface area contributed by atoms with Crippen molar-refractivity contribution in [1.29, 1.82) is 0 Å². The van der Waals surface area contributed by atoms with E-state index in [9.17, 15) is 0 Å². The maximum atomic E-state index is 4.07. The lowest BCUT2D eigenvalue weighted by Crippen LogP contribution is -2.31. The molecular formula is C18H24N2. The Morgan fingerprint density at radius 1 is 1.10 bits per heavy atom. The van der Waals surface area contributed by atoms with Crippen LogP contribution in [0.25, 0.3) is 0 Å². The molecule has 2 rings (SSSR count). The maximum Gasteiger partial charge on any atom is 0.0270 e. The molecule has 0 saturated carbocycles. The molecule has 1 heterocycles. The van der Waals surface area contributed by atoms with Gasteiger partial charge in [-0.15, -0.1) is 0 Å². The molecule has 0 bridgehead atoms. The van der Waals surface area contributed by atoms with E-state index in [-0.39, 0.29) is 0 Å². The van der Waals surface area contributed by atoms with Crippen LogP contribution in [-0.4, -0.2) is 17.6 Å². The lowest BCUT2D eigenvalue weighted by molar-refractivity contribution is 0.490. The van der Waals surface area contributed by atoms with Gasteiger partial charge in [-0.05, 0) is 61.6 Å². The van der Waals surface area contributed by atoms with E-state index in [2.05, 4.69) is 60.5 Å². The molecule has 1 aromatic carbocycles. The second-order valence-electron chi connectivity index (χ2n) is 5.28. The predicted molar refractivity (Wildman–Crippen MR) is 84.9 cm³/mol. The van der Waals surface area contributed by atoms with E-state index in [4.69, 9.17) is 0 Å². The van der Waals surface area contributed by atoms with Crippen LogP contribution in [0.2, 0.25) is 0 Å². The van der Waals surface area contributed by atoms with Gasteiger partial charge in [-0.3, -0.25) is 4.98 Å². The van der Waals surface area contributed by atoms with Crippen molar-refractivity contribution >= 4 is 0 Å². The first-order chi connectivity index (χ1) is 9.79. The van der Waals surface area contributed by atoms with E-state index in [0.29, 0.717) is 6.04 Å². The van der Waals surface area contributed by atoms with Crippen LogP contribution >= 0.6 is 0 Å². The Kier molecular flexibility index (Phi) is 5.75. The van der Waals surface area contributed by atoms with E-state index in [0.717, 1.165) is 25.8 Å². The summed E-state index contributed by atoms with van der Waals surface area (Å²) in [6.07, 6.45) is 7.11. The Balaban J connectivity index is 1.95. The van der Waals surface area contributed by atoms with Gasteiger partial charge in [0.25, 0.3) is 0 Å². The first kappa shape index (κ1) is 14.7. The van der Waals surface area contributed by atoms with E-state index in [1.54, 1.807) is 0 Å². The van der Waals surface area contributed by atoms with Crippen LogP contribution in [0.3, 0.4) is 0 Å². The molecule has 1 N–H and O–H groups in total. The van der Waals surface area contributed by atoms with E-state index in [1.807, 2.05) is 12.4 Å². The van der Waals surface area contributed by atoms with Crippen molar-refractivity contribution < 1.29 is 0 Å². The molecule has 1 atom stereocenters. The van der Waals surface area contributed by atoms with E-state index < -0.39 is 0 Å². The lowest BCUT2D eigenvalue weighted by atomic mass is 9.97. The van der Waals surface area contributed by atoms with Crippen LogP contribution in [0, 0.1) is 6.92 Å². The van der Waals surface area contributed by atoms with Crippen molar-refractivity contribution in [2.24, 2.45) is 0 Å². The molecule has 0 aliphatic rings. The molecule has 2 nitrogen and oxygen atoms in total. The highest BCUT2D eigenvalue weighted by molar-refractivity contribution is 5.26. The fraction of sp³-hybridized carbons (Fsp3) is 0.389. The molecular weight excluding hydrogens is 244 g/mol. The standard InChI is InChI=1S/C18H24N2/c1-3-20-18(9-8-16-10-12-19-13-11-16)14-17-7-5-4-6-15(17)2/h4-7,10-13,18,20H,3,8-9,14H2,1-2H3. The Hall–Kier alpha value is -1.67. The highest BCUT2D eigenvalue weighted by Gasteiger charge is 2.10. The van der Waals surface area contributed by atoms with E-state index in [1.165, 1.54) is 16.7 Å². The number of benzene rings is 1. The summed E-state index contributed by atoms with van der Waals surface area (Å²) in [6, 6.07) is 13.4. The molecule has 1 aromatic heterocycles. The zero-order valence-corrected chi connectivity index (χ0v) is 12.5. The minimum atomic E-state index is 0.536. The van der Waals surface area contributed by atoms with Crippen molar-refractivity contribution in [3.05, 3.63) is 65.5 Å². The van der Waals surface area contributed by atoms with Gasteiger partial charge in [-0.1, -0.05) is 31.2 Å². The van der Waals surface area contributed by atoms with Gasteiger partial charge in [0.05, 0.1) is 0 Å². The third-order valence-electron chi connectivity index (χ3n) is 3.75. The van der Waals surface area contributed by atoms with Crippen LogP contribution in [-0.2, 0) is 12.8 Å². The summed E-state index contributed by atoms with van der Waals surface area (Å²) in [5.74, 6) is 0. The average Bonchev–Trinajstić information content (AvgIpc) is 2.48. The van der Waals surface area contributed by atoms with Crippen LogP contribution < -0.4 is 5.32 Å². The number of pyridine rings is 1. The molecule has 0 aliphatic heterocycles. The third-order valence-corrected chi connectivity index (χ3v) is 3.75. The fourth-order valence-electron chi connectivity index (χ4n) is 2.56. The molecule has 0 spiro atoms. The highest BCUT2D eigenvalue weighted by atomic mass is 14.9. The van der Waals surface area contributed by atoms with Gasteiger partial charge in [0.1, 0.15) is 0 Å². The van der Waals surface area contributed by atoms with Crippen molar-refractivity contribution in [3.63, 3.8) is 0 Å². The van der Waals surface area contributed by atoms with Crippen molar-refractivity contribution in [1.82, 2.24) is 10.3 Å². The quantitative estimate of drug-likeness (QED) is 0.830. The van der Waals surface area contributed by atoms with Crippen LogP contribution in [0.5, 0.6) is 0 Å². The zero-order valence-electron chi connectivity index (χ0n) is 12.5. The van der Waals surface area contributed by atoms with Gasteiger partial charge in [-0.2, -0.15) is 0 Å². The summed E-state index contributed by atoms with van der Waals surface area (Å²) in [4.78, 5) is 4.07. The van der Waals surface area contributed by atoms with Crippen molar-refractivity contribution in [2.45, 2.75) is 39.2 Å². The van der Waals surface area contributed by atoms with Gasteiger partial charge in [0.2, 0.25) is 0 Å². The molecule has 106 valence electrons. The highest BCUT2D eigenvalue weighted by Crippen LogP contribution is 2.13. The summed E-state index contributed by atoms with van der Waals surface area (Å²) in [5, 5.41) is 3.61. The normalized spacial score (nSPS) is 12.3. The number of aromatic nitrogens is 1. The number of hydrogen-bond donors (Lipinski definition) is 1. The Bertz CT molecular complexity index is 508. The van der Waals surface area contributed by atoms with Crippen LogP contribution in [0.4, 0.5) is 0 Å². The first-order valence-electron chi connectivity index (χ1n) is 7.46. The second-order valence-corrected chi connectivity index (χ2v) is 5.28. The first-order valence-corrected chi connectivity index (χ1v) is 7.46. The summed E-state index contributed by atoms with van der Waals surface area (Å²) >= 11 is 0. The molecule has 0 radical (unpaired) electrons.